The monoisotopic (exact) mass is 497 g/mol. The third-order valence-corrected chi connectivity index (χ3v) is 5.31. The molecule has 154 valence electrons. The van der Waals surface area contributed by atoms with Crippen LogP contribution >= 0.6 is 24.0 Å². The first kappa shape index (κ1) is 22.5. The fourth-order valence-corrected chi connectivity index (χ4v) is 3.61. The van der Waals surface area contributed by atoms with Crippen LogP contribution in [0.3, 0.4) is 0 Å². The van der Waals surface area contributed by atoms with Gasteiger partial charge in [-0.25, -0.2) is 4.98 Å². The van der Waals surface area contributed by atoms with Crippen LogP contribution in [0.15, 0.2) is 48.0 Å². The molecule has 0 saturated carbocycles. The van der Waals surface area contributed by atoms with Crippen molar-refractivity contribution in [2.45, 2.75) is 39.3 Å². The van der Waals surface area contributed by atoms with Crippen LogP contribution in [0.4, 0.5) is 0 Å². The number of benzene rings is 1. The zero-order valence-corrected chi connectivity index (χ0v) is 19.5. The lowest BCUT2D eigenvalue weighted by Crippen LogP contribution is -2.50. The molecule has 6 nitrogen and oxygen atoms in total. The van der Waals surface area contributed by atoms with E-state index >= 15 is 0 Å². The van der Waals surface area contributed by atoms with Gasteiger partial charge in [0.25, 0.3) is 0 Å². The zero-order valence-electron chi connectivity index (χ0n) is 17.2. The van der Waals surface area contributed by atoms with E-state index in [0.29, 0.717) is 18.5 Å². The Labute approximate surface area is 185 Å². The van der Waals surface area contributed by atoms with Crippen LogP contribution < -0.4 is 10.1 Å². The average molecular weight is 497 g/mol. The number of aliphatic imine (C=N–C) groups is 1. The average Bonchev–Trinajstić information content (AvgIpc) is 3.20. The highest BCUT2D eigenvalue weighted by molar-refractivity contribution is 14.0. The lowest BCUT2D eigenvalue weighted by molar-refractivity contribution is 0.184. The molecule has 1 saturated heterocycles. The van der Waals surface area contributed by atoms with E-state index < -0.39 is 0 Å². The Morgan fingerprint density at radius 2 is 2.18 bits per heavy atom. The summed E-state index contributed by atoms with van der Waals surface area (Å²) in [6.45, 7) is 9.13. The van der Waals surface area contributed by atoms with Crippen LogP contribution in [0.5, 0.6) is 5.75 Å². The minimum atomic E-state index is 0. The molecule has 7 heteroatoms. The molecule has 1 aliphatic rings. The molecule has 1 N–H and O–H groups in total. The highest BCUT2D eigenvalue weighted by Gasteiger charge is 2.29. The van der Waals surface area contributed by atoms with E-state index in [2.05, 4.69) is 57.8 Å². The maximum atomic E-state index is 6.08. The summed E-state index contributed by atoms with van der Waals surface area (Å²) in [5, 5.41) is 3.49. The van der Waals surface area contributed by atoms with Gasteiger partial charge < -0.3 is 19.5 Å². The number of hydrogen-bond donors (Lipinski definition) is 1. The van der Waals surface area contributed by atoms with Gasteiger partial charge in [-0.05, 0) is 37.8 Å². The number of piperidine rings is 1. The quantitative estimate of drug-likeness (QED) is 0.389. The highest BCUT2D eigenvalue weighted by Crippen LogP contribution is 2.27. The van der Waals surface area contributed by atoms with Crippen molar-refractivity contribution < 1.29 is 4.74 Å². The standard InChI is InChI=1S/C21H31N5O.HI/c1-16-9-11-25(14-19(16)26-12-10-23-15-26)21(22-4)24-13-18(3)27-20-8-6-5-7-17(20)2;/h5-8,10,12,15-16,18-19H,9,11,13-14H2,1-4H3,(H,22,24);1H. The van der Waals surface area contributed by atoms with Gasteiger partial charge in [-0.2, -0.15) is 0 Å². The van der Waals surface area contributed by atoms with E-state index in [1.165, 1.54) is 0 Å². The molecule has 3 rings (SSSR count). The number of aromatic nitrogens is 2. The van der Waals surface area contributed by atoms with Crippen molar-refractivity contribution >= 4 is 29.9 Å². The Hall–Kier alpha value is -1.77. The SMILES string of the molecule is CN=C(NCC(C)Oc1ccccc1C)N1CCC(C)C(n2ccnc2)C1.I. The molecule has 3 atom stereocenters. The third-order valence-electron chi connectivity index (χ3n) is 5.31. The number of hydrogen-bond acceptors (Lipinski definition) is 3. The molecule has 0 aliphatic carbocycles. The molecule has 2 aromatic rings. The molecule has 0 amide bonds. The molecule has 1 aromatic heterocycles. The van der Waals surface area contributed by atoms with Crippen molar-refractivity contribution in [2.75, 3.05) is 26.7 Å². The van der Waals surface area contributed by atoms with Crippen LogP contribution in [0.25, 0.3) is 0 Å². The van der Waals surface area contributed by atoms with Gasteiger partial charge in [0.05, 0.1) is 18.9 Å². The number of halogens is 1. The summed E-state index contributed by atoms with van der Waals surface area (Å²) in [6, 6.07) is 8.54. The molecule has 0 radical (unpaired) electrons. The minimum absolute atomic E-state index is 0. The molecule has 1 aliphatic heterocycles. The molecule has 1 aromatic carbocycles. The van der Waals surface area contributed by atoms with Gasteiger partial charge in [0.1, 0.15) is 11.9 Å². The maximum Gasteiger partial charge on any atom is 0.193 e. The van der Waals surface area contributed by atoms with Gasteiger partial charge in [-0.15, -0.1) is 24.0 Å². The van der Waals surface area contributed by atoms with Crippen LogP contribution in [0.1, 0.15) is 31.9 Å². The minimum Gasteiger partial charge on any atom is -0.489 e. The Bertz CT molecular complexity index is 749. The van der Waals surface area contributed by atoms with E-state index in [1.54, 1.807) is 0 Å². The Morgan fingerprint density at radius 1 is 1.39 bits per heavy atom. The van der Waals surface area contributed by atoms with Gasteiger partial charge in [-0.3, -0.25) is 4.99 Å². The number of nitrogens with one attached hydrogen (secondary N) is 1. The summed E-state index contributed by atoms with van der Waals surface area (Å²) in [4.78, 5) is 11.0. The van der Waals surface area contributed by atoms with Crippen molar-refractivity contribution in [3.05, 3.63) is 48.5 Å². The van der Waals surface area contributed by atoms with E-state index in [4.69, 9.17) is 4.74 Å². The number of para-hydroxylation sites is 1. The first-order valence-corrected chi connectivity index (χ1v) is 9.73. The molecule has 3 unspecified atom stereocenters. The van der Waals surface area contributed by atoms with Gasteiger partial charge >= 0.3 is 0 Å². The number of rotatable bonds is 5. The number of aryl methyl sites for hydroxylation is 1. The fourth-order valence-electron chi connectivity index (χ4n) is 3.61. The smallest absolute Gasteiger partial charge is 0.193 e. The van der Waals surface area contributed by atoms with Gasteiger partial charge in [0, 0.05) is 32.5 Å². The third kappa shape index (κ3) is 5.62. The van der Waals surface area contributed by atoms with Crippen molar-refractivity contribution in [3.8, 4) is 5.75 Å². The Morgan fingerprint density at radius 3 is 2.86 bits per heavy atom. The van der Waals surface area contributed by atoms with Gasteiger partial charge in [0.15, 0.2) is 5.96 Å². The van der Waals surface area contributed by atoms with Gasteiger partial charge in [0.2, 0.25) is 0 Å². The van der Waals surface area contributed by atoms with E-state index in [-0.39, 0.29) is 30.1 Å². The summed E-state index contributed by atoms with van der Waals surface area (Å²) in [5.74, 6) is 2.50. The molecular weight excluding hydrogens is 465 g/mol. The zero-order chi connectivity index (χ0) is 19.2. The second kappa shape index (κ2) is 10.7. The normalized spacial score (nSPS) is 21.0. The fraction of sp³-hybridized carbons (Fsp3) is 0.524. The van der Waals surface area contributed by atoms with Crippen molar-refractivity contribution in [1.29, 1.82) is 0 Å². The number of nitrogens with zero attached hydrogens (tertiary/aromatic N) is 4. The molecule has 1 fully saturated rings. The summed E-state index contributed by atoms with van der Waals surface area (Å²) in [6.07, 6.45) is 7.01. The summed E-state index contributed by atoms with van der Waals surface area (Å²) in [5.41, 5.74) is 1.15. The summed E-state index contributed by atoms with van der Waals surface area (Å²) >= 11 is 0. The number of guanidine groups is 1. The van der Waals surface area contributed by atoms with Crippen molar-refractivity contribution in [3.63, 3.8) is 0 Å². The number of likely N-dealkylation sites (tertiary alicyclic amines) is 1. The molecule has 0 bridgehead atoms. The number of ether oxygens (including phenoxy) is 1. The van der Waals surface area contributed by atoms with E-state index in [0.717, 1.165) is 36.8 Å². The van der Waals surface area contributed by atoms with Crippen molar-refractivity contribution in [2.24, 2.45) is 10.9 Å². The number of imidazole rings is 1. The summed E-state index contributed by atoms with van der Waals surface area (Å²) < 4.78 is 8.29. The molecule has 2 heterocycles. The largest absolute Gasteiger partial charge is 0.489 e. The van der Waals surface area contributed by atoms with Crippen LogP contribution in [0.2, 0.25) is 0 Å². The van der Waals surface area contributed by atoms with E-state index in [9.17, 15) is 0 Å². The predicted molar refractivity (Wildman–Crippen MR) is 125 cm³/mol. The highest BCUT2D eigenvalue weighted by atomic mass is 127. The Balaban J connectivity index is 0.00000280. The molecule has 28 heavy (non-hydrogen) atoms. The second-order valence-electron chi connectivity index (χ2n) is 7.41. The van der Waals surface area contributed by atoms with Gasteiger partial charge in [-0.1, -0.05) is 25.1 Å². The lowest BCUT2D eigenvalue weighted by atomic mass is 9.93. The lowest BCUT2D eigenvalue weighted by Gasteiger charge is -2.39. The predicted octanol–water partition coefficient (Wildman–Crippen LogP) is 3.74. The first-order chi connectivity index (χ1) is 13.1. The second-order valence-corrected chi connectivity index (χ2v) is 7.41. The molecule has 0 spiro atoms. The van der Waals surface area contributed by atoms with Crippen molar-refractivity contribution in [1.82, 2.24) is 19.8 Å². The van der Waals surface area contributed by atoms with Crippen LogP contribution in [-0.4, -0.2) is 53.2 Å². The van der Waals surface area contributed by atoms with Crippen LogP contribution in [-0.2, 0) is 0 Å². The Kier molecular flexibility index (Phi) is 8.59. The summed E-state index contributed by atoms with van der Waals surface area (Å²) in [7, 11) is 1.85. The van der Waals surface area contributed by atoms with E-state index in [1.807, 2.05) is 37.8 Å². The van der Waals surface area contributed by atoms with Crippen LogP contribution in [0, 0.1) is 12.8 Å². The maximum absolute atomic E-state index is 6.08. The molecular formula is C21H32IN5O. The topological polar surface area (TPSA) is 54.7 Å². The first-order valence-electron chi connectivity index (χ1n) is 9.73.